The van der Waals surface area contributed by atoms with E-state index in [4.69, 9.17) is 10.1 Å². The number of benzene rings is 1. The van der Waals surface area contributed by atoms with Gasteiger partial charge in [0.05, 0.1) is 31.3 Å². The van der Waals surface area contributed by atoms with Gasteiger partial charge >= 0.3 is 0 Å². The van der Waals surface area contributed by atoms with Gasteiger partial charge in [0.15, 0.2) is 0 Å². The lowest BCUT2D eigenvalue weighted by atomic mass is 9.96. The van der Waals surface area contributed by atoms with Gasteiger partial charge in [-0.05, 0) is 30.0 Å². The van der Waals surface area contributed by atoms with Crippen LogP contribution < -0.4 is 5.06 Å². The summed E-state index contributed by atoms with van der Waals surface area (Å²) in [6.07, 6.45) is 2.19. The van der Waals surface area contributed by atoms with Gasteiger partial charge in [0, 0.05) is 0 Å². The van der Waals surface area contributed by atoms with Crippen molar-refractivity contribution >= 4 is 5.69 Å². The molecule has 3 heteroatoms. The van der Waals surface area contributed by atoms with Crippen LogP contribution in [-0.4, -0.2) is 13.2 Å². The molecule has 0 radical (unpaired) electrons. The molecule has 0 bridgehead atoms. The van der Waals surface area contributed by atoms with Gasteiger partial charge in [-0.15, -0.1) is 6.58 Å². The zero-order chi connectivity index (χ0) is 14.3. The Morgan fingerprint density at radius 3 is 2.79 bits per heavy atom. The molecule has 1 rings (SSSR count). The van der Waals surface area contributed by atoms with E-state index < -0.39 is 0 Å². The SMILES string of the molecule is C=CCN(OCCC#N)c1cccc(C)c1C(C)C. The van der Waals surface area contributed by atoms with E-state index in [1.165, 1.54) is 11.1 Å². The quantitative estimate of drug-likeness (QED) is 0.422. The first-order valence-corrected chi connectivity index (χ1v) is 6.59. The van der Waals surface area contributed by atoms with Gasteiger partial charge in [0.1, 0.15) is 0 Å². The van der Waals surface area contributed by atoms with Gasteiger partial charge in [-0.3, -0.25) is 9.90 Å². The van der Waals surface area contributed by atoms with E-state index in [0.29, 0.717) is 25.5 Å². The first-order valence-electron chi connectivity index (χ1n) is 6.59. The van der Waals surface area contributed by atoms with Gasteiger partial charge in [0.2, 0.25) is 0 Å². The Morgan fingerprint density at radius 2 is 2.21 bits per heavy atom. The summed E-state index contributed by atoms with van der Waals surface area (Å²) >= 11 is 0. The molecule has 0 N–H and O–H groups in total. The fourth-order valence-electron chi connectivity index (χ4n) is 2.17. The summed E-state index contributed by atoms with van der Waals surface area (Å²) in [6.45, 7) is 11.2. The lowest BCUT2D eigenvalue weighted by molar-refractivity contribution is 0.118. The van der Waals surface area contributed by atoms with Gasteiger partial charge in [-0.2, -0.15) is 5.26 Å². The van der Waals surface area contributed by atoms with Crippen LogP contribution in [0.2, 0.25) is 0 Å². The summed E-state index contributed by atoms with van der Waals surface area (Å²) < 4.78 is 0. The van der Waals surface area contributed by atoms with Crippen molar-refractivity contribution in [3.8, 4) is 6.07 Å². The van der Waals surface area contributed by atoms with E-state index in [0.717, 1.165) is 5.69 Å². The second kappa shape index (κ2) is 7.60. The average molecular weight is 258 g/mol. The first kappa shape index (κ1) is 15.3. The molecule has 102 valence electrons. The van der Waals surface area contributed by atoms with Crippen LogP contribution in [-0.2, 0) is 4.84 Å². The number of aryl methyl sites for hydroxylation is 1. The van der Waals surface area contributed by atoms with Crippen molar-refractivity contribution in [2.45, 2.75) is 33.1 Å². The summed E-state index contributed by atoms with van der Waals surface area (Å²) in [5.41, 5.74) is 3.60. The summed E-state index contributed by atoms with van der Waals surface area (Å²) in [5, 5.41) is 10.4. The Bertz CT molecular complexity index is 460. The molecule has 0 fully saturated rings. The third-order valence-electron chi connectivity index (χ3n) is 2.90. The topological polar surface area (TPSA) is 36.3 Å². The molecule has 1 aromatic carbocycles. The molecule has 19 heavy (non-hydrogen) atoms. The van der Waals surface area contributed by atoms with Crippen LogP contribution in [0.15, 0.2) is 30.9 Å². The molecule has 1 aromatic rings. The molecule has 0 aliphatic carbocycles. The standard InChI is InChI=1S/C16H22N2O/c1-5-11-18(19-12-7-10-17)15-9-6-8-14(4)16(15)13(2)3/h5-6,8-9,13H,1,7,11-12H2,2-4H3. The number of anilines is 1. The van der Waals surface area contributed by atoms with Crippen molar-refractivity contribution in [2.24, 2.45) is 0 Å². The Balaban J connectivity index is 3.04. The highest BCUT2D eigenvalue weighted by Gasteiger charge is 2.15. The number of hydrogen-bond donors (Lipinski definition) is 0. The zero-order valence-corrected chi connectivity index (χ0v) is 12.0. The van der Waals surface area contributed by atoms with Crippen molar-refractivity contribution in [3.05, 3.63) is 42.0 Å². The van der Waals surface area contributed by atoms with Crippen molar-refractivity contribution < 1.29 is 4.84 Å². The second-order valence-electron chi connectivity index (χ2n) is 4.75. The molecule has 0 aliphatic rings. The van der Waals surface area contributed by atoms with Crippen LogP contribution in [0.25, 0.3) is 0 Å². The smallest absolute Gasteiger partial charge is 0.0878 e. The minimum absolute atomic E-state index is 0.385. The molecular weight excluding hydrogens is 236 g/mol. The third kappa shape index (κ3) is 4.11. The highest BCUT2D eigenvalue weighted by Crippen LogP contribution is 2.30. The first-order chi connectivity index (χ1) is 9.11. The molecule has 0 unspecified atom stereocenters. The van der Waals surface area contributed by atoms with Crippen LogP contribution >= 0.6 is 0 Å². The molecule has 0 saturated heterocycles. The van der Waals surface area contributed by atoms with Gasteiger partial charge < -0.3 is 0 Å². The molecule has 0 spiro atoms. The van der Waals surface area contributed by atoms with E-state index in [9.17, 15) is 0 Å². The predicted molar refractivity (Wildman–Crippen MR) is 79.0 cm³/mol. The van der Waals surface area contributed by atoms with Crippen molar-refractivity contribution in [3.63, 3.8) is 0 Å². The van der Waals surface area contributed by atoms with E-state index in [1.807, 2.05) is 11.1 Å². The van der Waals surface area contributed by atoms with Gasteiger partial charge in [-0.1, -0.05) is 32.1 Å². The van der Waals surface area contributed by atoms with Crippen LogP contribution in [0.5, 0.6) is 0 Å². The average Bonchev–Trinajstić information content (AvgIpc) is 2.37. The number of hydrogen-bond acceptors (Lipinski definition) is 3. The summed E-state index contributed by atoms with van der Waals surface area (Å²) in [5.74, 6) is 0.420. The Morgan fingerprint density at radius 1 is 1.47 bits per heavy atom. The van der Waals surface area contributed by atoms with Gasteiger partial charge in [-0.25, -0.2) is 0 Å². The lowest BCUT2D eigenvalue weighted by Crippen LogP contribution is -2.25. The van der Waals surface area contributed by atoms with E-state index >= 15 is 0 Å². The minimum Gasteiger partial charge on any atom is -0.272 e. The molecule has 0 amide bonds. The van der Waals surface area contributed by atoms with Gasteiger partial charge in [0.25, 0.3) is 0 Å². The fourth-order valence-corrected chi connectivity index (χ4v) is 2.17. The molecule has 0 saturated carbocycles. The fraction of sp³-hybridized carbons (Fsp3) is 0.438. The number of hydroxylamine groups is 1. The predicted octanol–water partition coefficient (Wildman–Crippen LogP) is 3.96. The molecule has 0 atom stereocenters. The normalized spacial score (nSPS) is 10.3. The van der Waals surface area contributed by atoms with Crippen molar-refractivity contribution in [1.82, 2.24) is 0 Å². The largest absolute Gasteiger partial charge is 0.272 e. The maximum Gasteiger partial charge on any atom is 0.0878 e. The number of rotatable bonds is 7. The Labute approximate surface area is 116 Å². The van der Waals surface area contributed by atoms with Crippen LogP contribution in [0, 0.1) is 18.3 Å². The maximum atomic E-state index is 8.60. The molecule has 3 nitrogen and oxygen atoms in total. The molecule has 0 aromatic heterocycles. The maximum absolute atomic E-state index is 8.60. The molecular formula is C16H22N2O. The third-order valence-corrected chi connectivity index (χ3v) is 2.90. The zero-order valence-electron chi connectivity index (χ0n) is 12.0. The minimum atomic E-state index is 0.385. The second-order valence-corrected chi connectivity index (χ2v) is 4.75. The summed E-state index contributed by atoms with van der Waals surface area (Å²) in [6, 6.07) is 8.28. The Kier molecular flexibility index (Phi) is 6.11. The van der Waals surface area contributed by atoms with Crippen LogP contribution in [0.3, 0.4) is 0 Å². The summed E-state index contributed by atoms with van der Waals surface area (Å²) in [7, 11) is 0. The highest BCUT2D eigenvalue weighted by atomic mass is 16.7. The van der Waals surface area contributed by atoms with E-state index in [1.54, 1.807) is 6.08 Å². The van der Waals surface area contributed by atoms with Crippen molar-refractivity contribution in [2.75, 3.05) is 18.2 Å². The Hall–Kier alpha value is -1.79. The number of nitriles is 1. The lowest BCUT2D eigenvalue weighted by Gasteiger charge is -2.27. The molecule has 0 aliphatic heterocycles. The van der Waals surface area contributed by atoms with Crippen LogP contribution in [0.4, 0.5) is 5.69 Å². The van der Waals surface area contributed by atoms with Crippen LogP contribution in [0.1, 0.15) is 37.3 Å². The highest BCUT2D eigenvalue weighted by molar-refractivity contribution is 5.56. The van der Waals surface area contributed by atoms with E-state index in [-0.39, 0.29) is 0 Å². The van der Waals surface area contributed by atoms with Crippen molar-refractivity contribution in [1.29, 1.82) is 5.26 Å². The number of nitrogens with zero attached hydrogens (tertiary/aromatic N) is 2. The summed E-state index contributed by atoms with van der Waals surface area (Å²) in [4.78, 5) is 5.69. The monoisotopic (exact) mass is 258 g/mol. The van der Waals surface area contributed by atoms with E-state index in [2.05, 4.69) is 45.6 Å². The molecule has 0 heterocycles.